The Morgan fingerprint density at radius 1 is 0.328 bits per heavy atom. The van der Waals surface area contributed by atoms with Crippen molar-refractivity contribution in [2.75, 3.05) is 0 Å². The zero-order valence-corrected chi connectivity index (χ0v) is 34.2. The molecule has 0 atom stereocenters. The predicted molar refractivity (Wildman–Crippen MR) is 258 cm³/mol. The monoisotopic (exact) mass is 815 g/mol. The second-order valence-electron chi connectivity index (χ2n) is 17.1. The number of hydrogen-bond acceptors (Lipinski definition) is 4. The lowest BCUT2D eigenvalue weighted by molar-refractivity contribution is 0.669. The molecule has 9 aromatic carbocycles. The SMILES string of the molecule is c1ccc2c(c1)-c1ccccc1C21c2ccccc2-c2cc3c4ccccc4n(-c4nc(-c5ccc6c(c5)oc5ccccc56)nc(-n5c6ccccc6c6ccccc65)n4)c3cc21. The van der Waals surface area contributed by atoms with Crippen LogP contribution in [0.3, 0.4) is 0 Å². The number of aromatic nitrogens is 5. The summed E-state index contributed by atoms with van der Waals surface area (Å²) in [5, 5.41) is 6.69. The van der Waals surface area contributed by atoms with Crippen LogP contribution in [0.25, 0.3) is 111 Å². The molecule has 0 saturated heterocycles. The van der Waals surface area contributed by atoms with E-state index >= 15 is 0 Å². The molecule has 4 heterocycles. The first kappa shape index (κ1) is 34.0. The Balaban J connectivity index is 1.06. The predicted octanol–water partition coefficient (Wildman–Crippen LogP) is 14.0. The third-order valence-corrected chi connectivity index (χ3v) is 14.0. The number of para-hydroxylation sites is 4. The van der Waals surface area contributed by atoms with Gasteiger partial charge in [0.1, 0.15) is 11.2 Å². The Morgan fingerprint density at radius 2 is 0.797 bits per heavy atom. The summed E-state index contributed by atoms with van der Waals surface area (Å²) in [4.78, 5) is 16.3. The summed E-state index contributed by atoms with van der Waals surface area (Å²) in [7, 11) is 0. The molecule has 0 bridgehead atoms. The molecule has 296 valence electrons. The maximum absolute atomic E-state index is 6.43. The van der Waals surface area contributed by atoms with Crippen LogP contribution in [-0.4, -0.2) is 24.1 Å². The minimum Gasteiger partial charge on any atom is -0.456 e. The average Bonchev–Trinajstić information content (AvgIpc) is 4.14. The van der Waals surface area contributed by atoms with Crippen LogP contribution in [-0.2, 0) is 5.41 Å². The van der Waals surface area contributed by atoms with Gasteiger partial charge in [-0.1, -0.05) is 152 Å². The lowest BCUT2D eigenvalue weighted by Crippen LogP contribution is -2.25. The Labute approximate surface area is 366 Å². The Morgan fingerprint density at radius 3 is 1.41 bits per heavy atom. The van der Waals surface area contributed by atoms with E-state index in [1.807, 2.05) is 18.2 Å². The van der Waals surface area contributed by atoms with Gasteiger partial charge in [0.25, 0.3) is 0 Å². The molecule has 4 aromatic heterocycles. The maximum Gasteiger partial charge on any atom is 0.240 e. The lowest BCUT2D eigenvalue weighted by atomic mass is 9.70. The molecular weight excluding hydrogens is 783 g/mol. The standard InChI is InChI=1S/C58H33N5O/c1-8-22-45-35(15-1)36-16-2-9-23-46(36)58(45)47-24-10-3-17-37(47)43-32-44-40-20-6-13-27-51(40)63(52(44)33-48(43)58)57-60-55(34-29-30-42-41-21-7-14-28-53(41)64-54(42)31-34)59-56(61-57)62-49-25-11-4-18-38(49)39-19-5-12-26-50(39)62/h1-33H. The van der Waals surface area contributed by atoms with Gasteiger partial charge in [-0.05, 0) is 93.0 Å². The van der Waals surface area contributed by atoms with Gasteiger partial charge in [0.2, 0.25) is 11.9 Å². The summed E-state index contributed by atoms with van der Waals surface area (Å²) in [5.74, 6) is 1.63. The lowest BCUT2D eigenvalue weighted by Gasteiger charge is -2.30. The Bertz CT molecular complexity index is 4070. The smallest absolute Gasteiger partial charge is 0.240 e. The van der Waals surface area contributed by atoms with Crippen molar-refractivity contribution in [2.45, 2.75) is 5.41 Å². The quantitative estimate of drug-likeness (QED) is 0.178. The third kappa shape index (κ3) is 4.26. The first-order valence-corrected chi connectivity index (χ1v) is 21.8. The number of rotatable bonds is 3. The number of hydrogen-bond donors (Lipinski definition) is 0. The van der Waals surface area contributed by atoms with Crippen molar-refractivity contribution in [3.8, 4) is 45.5 Å². The number of furan rings is 1. The molecule has 0 saturated carbocycles. The van der Waals surface area contributed by atoms with E-state index in [1.165, 1.54) is 44.5 Å². The molecule has 0 radical (unpaired) electrons. The summed E-state index contributed by atoms with van der Waals surface area (Å²) in [6, 6.07) is 71.9. The van der Waals surface area contributed by atoms with E-state index in [0.29, 0.717) is 17.7 Å². The average molecular weight is 816 g/mol. The van der Waals surface area contributed by atoms with Gasteiger partial charge >= 0.3 is 0 Å². The molecule has 2 aliphatic rings. The molecule has 13 aromatic rings. The summed E-state index contributed by atoms with van der Waals surface area (Å²) >= 11 is 0. The van der Waals surface area contributed by atoms with Crippen LogP contribution in [0, 0.1) is 0 Å². The van der Waals surface area contributed by atoms with Crippen LogP contribution in [0.5, 0.6) is 0 Å². The molecule has 0 amide bonds. The molecule has 0 fully saturated rings. The molecule has 6 nitrogen and oxygen atoms in total. The van der Waals surface area contributed by atoms with E-state index in [2.05, 4.69) is 191 Å². The highest BCUT2D eigenvalue weighted by Crippen LogP contribution is 2.63. The third-order valence-electron chi connectivity index (χ3n) is 14.0. The normalized spacial score (nSPS) is 13.4. The minimum atomic E-state index is -0.505. The fraction of sp³-hybridized carbons (Fsp3) is 0.0172. The molecule has 0 aliphatic heterocycles. The zero-order chi connectivity index (χ0) is 41.7. The van der Waals surface area contributed by atoms with Crippen molar-refractivity contribution in [3.63, 3.8) is 0 Å². The molecule has 2 aliphatic carbocycles. The van der Waals surface area contributed by atoms with Gasteiger partial charge in [-0.3, -0.25) is 9.13 Å². The van der Waals surface area contributed by atoms with Gasteiger partial charge in [0.05, 0.1) is 27.5 Å². The highest BCUT2D eigenvalue weighted by molar-refractivity contribution is 6.13. The van der Waals surface area contributed by atoms with E-state index < -0.39 is 5.41 Å². The number of benzene rings is 9. The van der Waals surface area contributed by atoms with Crippen LogP contribution in [0.4, 0.5) is 0 Å². The van der Waals surface area contributed by atoms with Crippen LogP contribution in [0.1, 0.15) is 22.3 Å². The van der Waals surface area contributed by atoms with Crippen molar-refractivity contribution >= 4 is 65.6 Å². The van der Waals surface area contributed by atoms with Crippen molar-refractivity contribution < 1.29 is 4.42 Å². The van der Waals surface area contributed by atoms with Crippen molar-refractivity contribution in [1.82, 2.24) is 24.1 Å². The summed E-state index contributed by atoms with van der Waals surface area (Å²) in [5.41, 5.74) is 16.3. The molecular formula is C58H33N5O. The highest BCUT2D eigenvalue weighted by Gasteiger charge is 2.51. The van der Waals surface area contributed by atoms with Crippen molar-refractivity contribution in [3.05, 3.63) is 222 Å². The second-order valence-corrected chi connectivity index (χ2v) is 17.1. The molecule has 64 heavy (non-hydrogen) atoms. The molecule has 15 rings (SSSR count). The van der Waals surface area contributed by atoms with Crippen molar-refractivity contribution in [1.29, 1.82) is 0 Å². The fourth-order valence-electron chi connectivity index (χ4n) is 11.5. The van der Waals surface area contributed by atoms with Gasteiger partial charge in [-0.15, -0.1) is 0 Å². The molecule has 1 spiro atoms. The van der Waals surface area contributed by atoms with Crippen LogP contribution in [0.15, 0.2) is 205 Å². The molecule has 0 N–H and O–H groups in total. The first-order valence-electron chi connectivity index (χ1n) is 21.8. The van der Waals surface area contributed by atoms with Crippen molar-refractivity contribution in [2.24, 2.45) is 0 Å². The zero-order valence-electron chi connectivity index (χ0n) is 34.2. The highest BCUT2D eigenvalue weighted by atomic mass is 16.3. The molecule has 6 heteroatoms. The van der Waals surface area contributed by atoms with E-state index in [-0.39, 0.29) is 0 Å². The van der Waals surface area contributed by atoms with Crippen LogP contribution >= 0.6 is 0 Å². The first-order chi connectivity index (χ1) is 31.7. The fourth-order valence-corrected chi connectivity index (χ4v) is 11.5. The maximum atomic E-state index is 6.43. The van der Waals surface area contributed by atoms with Crippen LogP contribution < -0.4 is 0 Å². The second kappa shape index (κ2) is 12.3. The summed E-state index contributed by atoms with van der Waals surface area (Å²) < 4.78 is 10.9. The van der Waals surface area contributed by atoms with Gasteiger partial charge < -0.3 is 4.42 Å². The minimum absolute atomic E-state index is 0.505. The van der Waals surface area contributed by atoms with Gasteiger partial charge in [-0.25, -0.2) is 0 Å². The summed E-state index contributed by atoms with van der Waals surface area (Å²) in [6.07, 6.45) is 0. The van der Waals surface area contributed by atoms with Gasteiger partial charge in [-0.2, -0.15) is 15.0 Å². The topological polar surface area (TPSA) is 61.7 Å². The Hall–Kier alpha value is -8.61. The van der Waals surface area contributed by atoms with Crippen LogP contribution in [0.2, 0.25) is 0 Å². The van der Waals surface area contributed by atoms with Gasteiger partial charge in [0, 0.05) is 37.9 Å². The largest absolute Gasteiger partial charge is 0.456 e. The van der Waals surface area contributed by atoms with E-state index in [9.17, 15) is 0 Å². The van der Waals surface area contributed by atoms with Gasteiger partial charge in [0.15, 0.2) is 5.82 Å². The van der Waals surface area contributed by atoms with E-state index in [0.717, 1.165) is 71.1 Å². The molecule has 0 unspecified atom stereocenters. The Kier molecular flexibility index (Phi) is 6.53. The summed E-state index contributed by atoms with van der Waals surface area (Å²) in [6.45, 7) is 0. The van der Waals surface area contributed by atoms with E-state index in [1.54, 1.807) is 0 Å². The number of fused-ring (bicyclic) bond motifs is 19. The van der Waals surface area contributed by atoms with E-state index in [4.69, 9.17) is 19.4 Å². The number of nitrogens with zero attached hydrogens (tertiary/aromatic N) is 5.